The molecule has 0 spiro atoms. The molecule has 2 heteroatoms. The first kappa shape index (κ1) is 6.44. The van der Waals surface area contributed by atoms with Crippen LogP contribution in [0.2, 0.25) is 0 Å². The van der Waals surface area contributed by atoms with E-state index < -0.39 is 0 Å². The normalized spacial score (nSPS) is 18.6. The maximum absolute atomic E-state index is 5.12. The van der Waals surface area contributed by atoms with Gasteiger partial charge in [-0.1, -0.05) is 5.92 Å². The Labute approximate surface area is 55.8 Å². The Bertz CT molecular complexity index is 128. The van der Waals surface area contributed by atoms with Crippen molar-refractivity contribution >= 4 is 0 Å². The molecule has 1 aliphatic heterocycles. The second-order valence-electron chi connectivity index (χ2n) is 1.89. The maximum atomic E-state index is 5.12. The van der Waals surface area contributed by atoms with E-state index in [-0.39, 0.29) is 0 Å². The summed E-state index contributed by atoms with van der Waals surface area (Å²) in [6.07, 6.45) is 0. The number of hydrogen-bond acceptors (Lipinski definition) is 2. The van der Waals surface area contributed by atoms with Gasteiger partial charge in [-0.05, 0) is 0 Å². The lowest BCUT2D eigenvalue weighted by Crippen LogP contribution is -2.32. The highest BCUT2D eigenvalue weighted by molar-refractivity contribution is 5.01. The lowest BCUT2D eigenvalue weighted by atomic mass is 10.4. The van der Waals surface area contributed by atoms with Crippen LogP contribution in [0, 0.1) is 18.9 Å². The molecule has 0 aromatic carbocycles. The Morgan fingerprint density at radius 2 is 2.00 bits per heavy atom. The van der Waals surface area contributed by atoms with Crippen LogP contribution in [0.4, 0.5) is 0 Å². The molecule has 2 nitrogen and oxygen atoms in total. The molecule has 0 bridgehead atoms. The number of hydrogen-bond donors (Lipinski definition) is 0. The minimum atomic E-state index is 0.800. The van der Waals surface area contributed by atoms with Crippen molar-refractivity contribution in [2.75, 3.05) is 26.3 Å². The van der Waals surface area contributed by atoms with Gasteiger partial charge in [0.1, 0.15) is 0 Å². The first-order chi connectivity index (χ1) is 4.43. The fourth-order valence-electron chi connectivity index (χ4n) is 0.787. The van der Waals surface area contributed by atoms with Gasteiger partial charge in [-0.2, -0.15) is 0 Å². The monoisotopic (exact) mass is 124 g/mol. The van der Waals surface area contributed by atoms with E-state index >= 15 is 0 Å². The van der Waals surface area contributed by atoms with Crippen LogP contribution in [-0.2, 0) is 4.74 Å². The van der Waals surface area contributed by atoms with Gasteiger partial charge in [0.2, 0.25) is 0 Å². The molecule has 1 aliphatic rings. The average molecular weight is 124 g/mol. The van der Waals surface area contributed by atoms with Crippen molar-refractivity contribution in [2.24, 2.45) is 0 Å². The fraction of sp³-hybridized carbons (Fsp3) is 0.571. The van der Waals surface area contributed by atoms with E-state index in [1.165, 1.54) is 0 Å². The summed E-state index contributed by atoms with van der Waals surface area (Å²) in [6, 6.07) is 2.88. The van der Waals surface area contributed by atoms with Gasteiger partial charge in [-0.3, -0.25) is 0 Å². The third kappa shape index (κ3) is 1.95. The average Bonchev–Trinajstić information content (AvgIpc) is 1.91. The molecule has 49 valence electrons. The molecule has 1 radical (unpaired) electrons. The van der Waals surface area contributed by atoms with E-state index in [9.17, 15) is 0 Å². The first-order valence-corrected chi connectivity index (χ1v) is 3.04. The molecular formula is C7H10NO. The third-order valence-corrected chi connectivity index (χ3v) is 1.25. The molecule has 0 aliphatic carbocycles. The molecule has 1 rings (SSSR count). The van der Waals surface area contributed by atoms with E-state index in [1.54, 1.807) is 0 Å². The molecule has 0 aromatic heterocycles. The SMILES string of the molecule is [CH2]C#CN1CCOCC1. The summed E-state index contributed by atoms with van der Waals surface area (Å²) in [7, 11) is 0. The van der Waals surface area contributed by atoms with Crippen molar-refractivity contribution in [3.63, 3.8) is 0 Å². The smallest absolute Gasteiger partial charge is 0.0649 e. The molecule has 0 unspecified atom stereocenters. The van der Waals surface area contributed by atoms with Crippen LogP contribution in [0.3, 0.4) is 0 Å². The van der Waals surface area contributed by atoms with E-state index in [0.29, 0.717) is 0 Å². The van der Waals surface area contributed by atoms with Crippen molar-refractivity contribution in [3.05, 3.63) is 6.92 Å². The third-order valence-electron chi connectivity index (χ3n) is 1.25. The number of morpholine rings is 1. The van der Waals surface area contributed by atoms with E-state index in [1.807, 2.05) is 4.90 Å². The molecule has 0 N–H and O–H groups in total. The highest BCUT2D eigenvalue weighted by Gasteiger charge is 2.04. The predicted molar refractivity (Wildman–Crippen MR) is 35.5 cm³/mol. The second kappa shape index (κ2) is 3.37. The lowest BCUT2D eigenvalue weighted by molar-refractivity contribution is 0.0638. The fourth-order valence-corrected chi connectivity index (χ4v) is 0.787. The molecule has 0 atom stereocenters. The zero-order valence-electron chi connectivity index (χ0n) is 5.39. The van der Waals surface area contributed by atoms with Crippen LogP contribution < -0.4 is 0 Å². The van der Waals surface area contributed by atoms with Crippen LogP contribution >= 0.6 is 0 Å². The molecule has 0 amide bonds. The minimum Gasteiger partial charge on any atom is -0.378 e. The van der Waals surface area contributed by atoms with Crippen molar-refractivity contribution < 1.29 is 4.74 Å². The van der Waals surface area contributed by atoms with Gasteiger partial charge in [-0.15, -0.1) is 0 Å². The molecule has 0 aromatic rings. The molecule has 1 heterocycles. The molecule has 1 fully saturated rings. The molecule has 1 saturated heterocycles. The van der Waals surface area contributed by atoms with E-state index in [2.05, 4.69) is 18.9 Å². The Morgan fingerprint density at radius 3 is 2.56 bits per heavy atom. The highest BCUT2D eigenvalue weighted by atomic mass is 16.5. The Hall–Kier alpha value is -0.680. The van der Waals surface area contributed by atoms with Gasteiger partial charge in [0.15, 0.2) is 0 Å². The zero-order valence-corrected chi connectivity index (χ0v) is 5.39. The Kier molecular flexibility index (Phi) is 2.41. The molecule has 9 heavy (non-hydrogen) atoms. The Morgan fingerprint density at radius 1 is 1.33 bits per heavy atom. The zero-order chi connectivity index (χ0) is 6.53. The predicted octanol–water partition coefficient (Wildman–Crippen LogP) is 0.114. The first-order valence-electron chi connectivity index (χ1n) is 3.04. The topological polar surface area (TPSA) is 12.5 Å². The van der Waals surface area contributed by atoms with Gasteiger partial charge >= 0.3 is 0 Å². The summed E-state index contributed by atoms with van der Waals surface area (Å²) < 4.78 is 5.12. The second-order valence-corrected chi connectivity index (χ2v) is 1.89. The van der Waals surface area contributed by atoms with Crippen molar-refractivity contribution in [3.8, 4) is 12.0 Å². The van der Waals surface area contributed by atoms with Gasteiger partial charge in [0.25, 0.3) is 0 Å². The van der Waals surface area contributed by atoms with Gasteiger partial charge in [0.05, 0.1) is 13.2 Å². The van der Waals surface area contributed by atoms with Crippen molar-refractivity contribution in [1.29, 1.82) is 0 Å². The minimum absolute atomic E-state index is 0.800. The summed E-state index contributed by atoms with van der Waals surface area (Å²) in [5.74, 6) is 2.61. The van der Waals surface area contributed by atoms with Crippen LogP contribution in [0.1, 0.15) is 0 Å². The van der Waals surface area contributed by atoms with Gasteiger partial charge in [0, 0.05) is 26.1 Å². The molecule has 0 saturated carbocycles. The summed E-state index contributed by atoms with van der Waals surface area (Å²) in [5.41, 5.74) is 0. The van der Waals surface area contributed by atoms with Gasteiger partial charge < -0.3 is 9.64 Å². The van der Waals surface area contributed by atoms with Crippen LogP contribution in [0.15, 0.2) is 0 Å². The van der Waals surface area contributed by atoms with Crippen LogP contribution in [-0.4, -0.2) is 31.2 Å². The Balaban J connectivity index is 2.28. The van der Waals surface area contributed by atoms with Crippen LogP contribution in [0.5, 0.6) is 0 Å². The molecular weight excluding hydrogens is 114 g/mol. The summed E-state index contributed by atoms with van der Waals surface area (Å²) in [4.78, 5) is 2.02. The quantitative estimate of drug-likeness (QED) is 0.425. The summed E-state index contributed by atoms with van der Waals surface area (Å²) in [6.45, 7) is 6.88. The number of rotatable bonds is 0. The van der Waals surface area contributed by atoms with E-state index in [0.717, 1.165) is 26.3 Å². The summed E-state index contributed by atoms with van der Waals surface area (Å²) >= 11 is 0. The van der Waals surface area contributed by atoms with Gasteiger partial charge in [-0.25, -0.2) is 0 Å². The highest BCUT2D eigenvalue weighted by Crippen LogP contribution is 1.92. The van der Waals surface area contributed by atoms with Crippen molar-refractivity contribution in [1.82, 2.24) is 4.90 Å². The standard InChI is InChI=1S/C7H10NO/c1-2-3-8-4-6-9-7-5-8/h1,4-7H2. The lowest BCUT2D eigenvalue weighted by Gasteiger charge is -2.22. The van der Waals surface area contributed by atoms with Crippen LogP contribution in [0.25, 0.3) is 0 Å². The van der Waals surface area contributed by atoms with E-state index in [4.69, 9.17) is 4.74 Å². The largest absolute Gasteiger partial charge is 0.378 e. The summed E-state index contributed by atoms with van der Waals surface area (Å²) in [5, 5.41) is 0. The number of nitrogens with zero attached hydrogens (tertiary/aromatic N) is 1. The maximum Gasteiger partial charge on any atom is 0.0649 e. The van der Waals surface area contributed by atoms with Crippen molar-refractivity contribution in [2.45, 2.75) is 0 Å². The number of ether oxygens (including phenoxy) is 1.